The Morgan fingerprint density at radius 1 is 1.05 bits per heavy atom. The Labute approximate surface area is 118 Å². The molecule has 0 aliphatic carbocycles. The molecule has 2 aromatic heterocycles. The molecule has 5 nitrogen and oxygen atoms in total. The smallest absolute Gasteiger partial charge is 0.287 e. The van der Waals surface area contributed by atoms with E-state index < -0.39 is 5.91 Å². The molecule has 0 spiro atoms. The summed E-state index contributed by atoms with van der Waals surface area (Å²) in [6, 6.07) is 7.69. The maximum Gasteiger partial charge on any atom is 0.287 e. The molecule has 20 heavy (non-hydrogen) atoms. The van der Waals surface area contributed by atoms with Crippen molar-refractivity contribution in [3.05, 3.63) is 48.0 Å². The molecule has 0 bridgehead atoms. The highest BCUT2D eigenvalue weighted by molar-refractivity contribution is 6.36. The summed E-state index contributed by atoms with van der Waals surface area (Å²) in [5.74, 6) is -0.888. The van der Waals surface area contributed by atoms with Gasteiger partial charge in [0.1, 0.15) is 0 Å². The molecule has 0 saturated heterocycles. The first kappa shape index (κ1) is 14.1. The first-order valence-corrected chi connectivity index (χ1v) is 6.59. The van der Waals surface area contributed by atoms with Crippen molar-refractivity contribution in [2.75, 3.05) is 0 Å². The number of carbonyl (C=O) groups is 2. The summed E-state index contributed by atoms with van der Waals surface area (Å²) in [5, 5.41) is 2.65. The van der Waals surface area contributed by atoms with Crippen LogP contribution in [0.3, 0.4) is 0 Å². The van der Waals surface area contributed by atoms with Crippen LogP contribution in [-0.2, 0) is 36.6 Å². The molecule has 2 rings (SSSR count). The number of carbonyl (C=O) groups excluding carboxylic acids is 2. The van der Waals surface area contributed by atoms with E-state index >= 15 is 0 Å². The summed E-state index contributed by atoms with van der Waals surface area (Å²) in [6.45, 7) is 0.373. The standard InChI is InChI=1S/C15H19N3O2/c1-17-9-3-5-12(17)7-8-14(19)15(20)16-11-13-6-4-10-18(13)2/h3-6,9-10H,7-8,11H2,1-2H3,(H,16,20). The lowest BCUT2D eigenvalue weighted by Crippen LogP contribution is -2.31. The second kappa shape index (κ2) is 6.23. The molecule has 0 fully saturated rings. The Morgan fingerprint density at radius 3 is 2.20 bits per heavy atom. The van der Waals surface area contributed by atoms with Gasteiger partial charge in [-0.1, -0.05) is 0 Å². The van der Waals surface area contributed by atoms with E-state index in [0.29, 0.717) is 13.0 Å². The summed E-state index contributed by atoms with van der Waals surface area (Å²) in [6.07, 6.45) is 4.64. The molecule has 0 unspecified atom stereocenters. The monoisotopic (exact) mass is 273 g/mol. The molecular formula is C15H19N3O2. The Kier molecular flexibility index (Phi) is 4.40. The lowest BCUT2D eigenvalue weighted by atomic mass is 10.1. The molecule has 1 N–H and O–H groups in total. The van der Waals surface area contributed by atoms with Crippen LogP contribution >= 0.6 is 0 Å². The third-order valence-corrected chi connectivity index (χ3v) is 3.39. The number of rotatable bonds is 6. The number of ketones is 1. The van der Waals surface area contributed by atoms with Crippen molar-refractivity contribution in [2.45, 2.75) is 19.4 Å². The topological polar surface area (TPSA) is 56.0 Å². The van der Waals surface area contributed by atoms with Gasteiger partial charge >= 0.3 is 0 Å². The Morgan fingerprint density at radius 2 is 1.65 bits per heavy atom. The highest BCUT2D eigenvalue weighted by Crippen LogP contribution is 2.04. The van der Waals surface area contributed by atoms with E-state index in [9.17, 15) is 9.59 Å². The van der Waals surface area contributed by atoms with Crippen LogP contribution < -0.4 is 5.32 Å². The van der Waals surface area contributed by atoms with Crippen molar-refractivity contribution in [3.8, 4) is 0 Å². The van der Waals surface area contributed by atoms with Crippen LogP contribution in [0.25, 0.3) is 0 Å². The van der Waals surface area contributed by atoms with Crippen LogP contribution in [0.15, 0.2) is 36.7 Å². The van der Waals surface area contributed by atoms with Crippen LogP contribution in [0.5, 0.6) is 0 Å². The first-order chi connectivity index (χ1) is 9.58. The van der Waals surface area contributed by atoms with Crippen molar-refractivity contribution in [1.29, 1.82) is 0 Å². The van der Waals surface area contributed by atoms with Gasteiger partial charge in [0.05, 0.1) is 6.54 Å². The van der Waals surface area contributed by atoms with Gasteiger partial charge in [0.25, 0.3) is 5.91 Å². The van der Waals surface area contributed by atoms with Gasteiger partial charge in [-0.15, -0.1) is 0 Å². The molecule has 2 heterocycles. The summed E-state index contributed by atoms with van der Waals surface area (Å²) in [4.78, 5) is 23.5. The molecule has 2 aromatic rings. The molecule has 0 aliphatic heterocycles. The van der Waals surface area contributed by atoms with Crippen molar-refractivity contribution in [3.63, 3.8) is 0 Å². The lowest BCUT2D eigenvalue weighted by Gasteiger charge is -2.06. The number of hydrogen-bond acceptors (Lipinski definition) is 2. The molecule has 5 heteroatoms. The van der Waals surface area contributed by atoms with Crippen LogP contribution in [0.1, 0.15) is 17.8 Å². The zero-order valence-electron chi connectivity index (χ0n) is 11.8. The second-order valence-electron chi connectivity index (χ2n) is 4.83. The van der Waals surface area contributed by atoms with E-state index in [1.807, 2.05) is 59.9 Å². The fourth-order valence-corrected chi connectivity index (χ4v) is 2.06. The summed E-state index contributed by atoms with van der Waals surface area (Å²) < 4.78 is 3.86. The Balaban J connectivity index is 1.79. The van der Waals surface area contributed by atoms with Gasteiger partial charge in [-0.3, -0.25) is 9.59 Å². The minimum absolute atomic E-state index is 0.233. The van der Waals surface area contributed by atoms with Crippen molar-refractivity contribution in [1.82, 2.24) is 14.5 Å². The number of nitrogens with one attached hydrogen (secondary N) is 1. The number of aryl methyl sites for hydroxylation is 3. The van der Waals surface area contributed by atoms with E-state index in [1.165, 1.54) is 0 Å². The summed E-state index contributed by atoms with van der Waals surface area (Å²) in [5.41, 5.74) is 2.02. The first-order valence-electron chi connectivity index (χ1n) is 6.59. The number of hydrogen-bond donors (Lipinski definition) is 1. The number of Topliss-reactive ketones (excluding diaryl/α,β-unsaturated/α-hetero) is 1. The van der Waals surface area contributed by atoms with Gasteiger partial charge in [0, 0.05) is 44.3 Å². The molecule has 1 amide bonds. The number of aromatic nitrogens is 2. The molecule has 0 saturated carbocycles. The molecular weight excluding hydrogens is 254 g/mol. The Hall–Kier alpha value is -2.30. The van der Waals surface area contributed by atoms with Crippen LogP contribution in [0.2, 0.25) is 0 Å². The third kappa shape index (κ3) is 3.38. The van der Waals surface area contributed by atoms with Crippen LogP contribution in [0, 0.1) is 0 Å². The average Bonchev–Trinajstić information content (AvgIpc) is 3.02. The van der Waals surface area contributed by atoms with Gasteiger partial charge in [-0.2, -0.15) is 0 Å². The zero-order valence-corrected chi connectivity index (χ0v) is 11.8. The largest absolute Gasteiger partial charge is 0.354 e. The third-order valence-electron chi connectivity index (χ3n) is 3.39. The lowest BCUT2D eigenvalue weighted by molar-refractivity contribution is -0.138. The number of amides is 1. The maximum absolute atomic E-state index is 11.8. The molecule has 0 radical (unpaired) electrons. The highest BCUT2D eigenvalue weighted by Gasteiger charge is 2.14. The van der Waals surface area contributed by atoms with E-state index in [2.05, 4.69) is 5.32 Å². The van der Waals surface area contributed by atoms with Gasteiger partial charge in [-0.25, -0.2) is 0 Å². The molecule has 0 aliphatic rings. The van der Waals surface area contributed by atoms with Crippen LogP contribution in [0.4, 0.5) is 0 Å². The minimum Gasteiger partial charge on any atom is -0.354 e. The van der Waals surface area contributed by atoms with Gasteiger partial charge in [0.2, 0.25) is 5.78 Å². The van der Waals surface area contributed by atoms with E-state index in [-0.39, 0.29) is 12.2 Å². The zero-order chi connectivity index (χ0) is 14.5. The quantitative estimate of drug-likeness (QED) is 0.804. The van der Waals surface area contributed by atoms with Crippen molar-refractivity contribution in [2.24, 2.45) is 14.1 Å². The molecule has 0 aromatic carbocycles. The van der Waals surface area contributed by atoms with Gasteiger partial charge in [-0.05, 0) is 30.7 Å². The SMILES string of the molecule is Cn1cccc1CCC(=O)C(=O)NCc1cccn1C. The van der Waals surface area contributed by atoms with E-state index in [0.717, 1.165) is 11.4 Å². The number of nitrogens with zero attached hydrogens (tertiary/aromatic N) is 2. The molecule has 0 atom stereocenters. The Bertz CT molecular complexity index is 556. The van der Waals surface area contributed by atoms with Crippen LogP contribution in [-0.4, -0.2) is 20.8 Å². The highest BCUT2D eigenvalue weighted by atomic mass is 16.2. The molecule has 106 valence electrons. The van der Waals surface area contributed by atoms with Crippen molar-refractivity contribution < 1.29 is 9.59 Å². The predicted octanol–water partition coefficient (Wildman–Crippen LogP) is 1.18. The predicted molar refractivity (Wildman–Crippen MR) is 76.0 cm³/mol. The second-order valence-corrected chi connectivity index (χ2v) is 4.83. The average molecular weight is 273 g/mol. The minimum atomic E-state index is -0.514. The fourth-order valence-electron chi connectivity index (χ4n) is 2.06. The normalized spacial score (nSPS) is 10.5. The summed E-state index contributed by atoms with van der Waals surface area (Å²) in [7, 11) is 3.83. The van der Waals surface area contributed by atoms with E-state index in [4.69, 9.17) is 0 Å². The fraction of sp³-hybridized carbons (Fsp3) is 0.333. The van der Waals surface area contributed by atoms with Gasteiger partial charge in [0.15, 0.2) is 0 Å². The van der Waals surface area contributed by atoms with Gasteiger partial charge < -0.3 is 14.5 Å². The van der Waals surface area contributed by atoms with E-state index in [1.54, 1.807) is 0 Å². The maximum atomic E-state index is 11.8. The summed E-state index contributed by atoms with van der Waals surface area (Å²) >= 11 is 0. The van der Waals surface area contributed by atoms with Crippen molar-refractivity contribution >= 4 is 11.7 Å².